The normalized spacial score (nSPS) is 15.2. The van der Waals surface area contributed by atoms with Crippen molar-refractivity contribution in [2.24, 2.45) is 0 Å². The average Bonchev–Trinajstić information content (AvgIpc) is 2.75. The number of halogens is 1. The summed E-state index contributed by atoms with van der Waals surface area (Å²) in [5.41, 5.74) is 0.512. The summed E-state index contributed by atoms with van der Waals surface area (Å²) in [5.74, 6) is -0.133. The summed E-state index contributed by atoms with van der Waals surface area (Å²) in [4.78, 5) is 26.7. The molecule has 1 aliphatic heterocycles. The van der Waals surface area contributed by atoms with Gasteiger partial charge in [0.05, 0.1) is 5.69 Å². The molecule has 0 radical (unpaired) electrons. The van der Waals surface area contributed by atoms with Crippen molar-refractivity contribution in [1.29, 1.82) is 0 Å². The van der Waals surface area contributed by atoms with Gasteiger partial charge in [-0.2, -0.15) is 0 Å². The Kier molecular flexibility index (Phi) is 5.70. The predicted octanol–water partition coefficient (Wildman–Crippen LogP) is 4.67. The minimum absolute atomic E-state index is 0.0424. The minimum Gasteiger partial charge on any atom is -0.507 e. The topological polar surface area (TPSA) is 78.9 Å². The summed E-state index contributed by atoms with van der Waals surface area (Å²) in [7, 11) is 0. The van der Waals surface area contributed by atoms with Crippen LogP contribution in [0.2, 0.25) is 5.02 Å². The first kappa shape index (κ1) is 20.6. The van der Waals surface area contributed by atoms with Crippen molar-refractivity contribution in [2.45, 2.75) is 0 Å². The third-order valence-electron chi connectivity index (χ3n) is 4.46. The van der Waals surface area contributed by atoms with E-state index in [0.29, 0.717) is 22.2 Å². The molecule has 31 heavy (non-hydrogen) atoms. The molecule has 0 bridgehead atoms. The number of amides is 2. The first-order valence-corrected chi connectivity index (χ1v) is 9.94. The number of phenolic OH excluding ortho intramolecular Hbond substituents is 1. The van der Waals surface area contributed by atoms with E-state index in [4.69, 9.17) is 28.6 Å². The van der Waals surface area contributed by atoms with Crippen LogP contribution in [0.5, 0.6) is 17.2 Å². The Labute approximate surface area is 188 Å². The van der Waals surface area contributed by atoms with Crippen LogP contribution in [0.4, 0.5) is 5.69 Å². The van der Waals surface area contributed by atoms with Crippen LogP contribution in [-0.2, 0) is 9.59 Å². The van der Waals surface area contributed by atoms with Gasteiger partial charge in [-0.25, -0.2) is 0 Å². The molecule has 4 rings (SSSR count). The number of hydrogen-bond acceptors (Lipinski definition) is 5. The van der Waals surface area contributed by atoms with Gasteiger partial charge in [0.1, 0.15) is 22.8 Å². The van der Waals surface area contributed by atoms with Gasteiger partial charge in [0.15, 0.2) is 5.11 Å². The second kappa shape index (κ2) is 8.59. The van der Waals surface area contributed by atoms with E-state index < -0.39 is 11.8 Å². The van der Waals surface area contributed by atoms with E-state index in [1.807, 2.05) is 30.3 Å². The number of nitrogens with one attached hydrogen (secondary N) is 1. The summed E-state index contributed by atoms with van der Waals surface area (Å²) in [5, 5.41) is 12.8. The highest BCUT2D eigenvalue weighted by atomic mass is 35.5. The Balaban J connectivity index is 1.62. The Morgan fingerprint density at radius 3 is 2.35 bits per heavy atom. The maximum absolute atomic E-state index is 13.1. The predicted molar refractivity (Wildman–Crippen MR) is 122 cm³/mol. The van der Waals surface area contributed by atoms with E-state index >= 15 is 0 Å². The first-order chi connectivity index (χ1) is 14.9. The van der Waals surface area contributed by atoms with Gasteiger partial charge in [0, 0.05) is 10.6 Å². The highest BCUT2D eigenvalue weighted by molar-refractivity contribution is 7.80. The molecule has 0 spiro atoms. The lowest BCUT2D eigenvalue weighted by Gasteiger charge is -2.29. The highest BCUT2D eigenvalue weighted by Crippen LogP contribution is 2.29. The zero-order valence-corrected chi connectivity index (χ0v) is 17.5. The van der Waals surface area contributed by atoms with Crippen molar-refractivity contribution < 1.29 is 19.4 Å². The van der Waals surface area contributed by atoms with E-state index in [1.54, 1.807) is 24.3 Å². The second-order valence-electron chi connectivity index (χ2n) is 6.57. The maximum atomic E-state index is 13.1. The van der Waals surface area contributed by atoms with E-state index in [0.717, 1.165) is 0 Å². The number of ether oxygens (including phenoxy) is 1. The fraction of sp³-hybridized carbons (Fsp3) is 0. The highest BCUT2D eigenvalue weighted by Gasteiger charge is 2.34. The van der Waals surface area contributed by atoms with Crippen molar-refractivity contribution in [2.75, 3.05) is 4.90 Å². The lowest BCUT2D eigenvalue weighted by Crippen LogP contribution is -2.54. The molecule has 154 valence electrons. The average molecular weight is 451 g/mol. The van der Waals surface area contributed by atoms with E-state index in [-0.39, 0.29) is 22.0 Å². The van der Waals surface area contributed by atoms with Crippen molar-refractivity contribution >= 4 is 52.5 Å². The summed E-state index contributed by atoms with van der Waals surface area (Å²) < 4.78 is 5.76. The van der Waals surface area contributed by atoms with Gasteiger partial charge >= 0.3 is 0 Å². The Morgan fingerprint density at radius 1 is 0.968 bits per heavy atom. The van der Waals surface area contributed by atoms with Crippen molar-refractivity contribution in [1.82, 2.24) is 5.32 Å². The number of thiocarbonyl (C=S) groups is 1. The number of aromatic hydroxyl groups is 1. The summed E-state index contributed by atoms with van der Waals surface area (Å²) >= 11 is 11.2. The Hall–Kier alpha value is -3.68. The van der Waals surface area contributed by atoms with Crippen LogP contribution in [0.3, 0.4) is 0 Å². The van der Waals surface area contributed by atoms with Crippen LogP contribution in [0, 0.1) is 0 Å². The number of phenols is 1. The molecular formula is C23H15ClN2O4S. The Bertz CT molecular complexity index is 1210. The molecule has 0 atom stereocenters. The number of carbonyl (C=O) groups excluding carboxylic acids is 2. The molecule has 2 N–H and O–H groups in total. The van der Waals surface area contributed by atoms with Crippen LogP contribution in [-0.4, -0.2) is 22.0 Å². The molecule has 0 unspecified atom stereocenters. The molecular weight excluding hydrogens is 436 g/mol. The molecule has 2 amide bonds. The molecule has 6 nitrogen and oxygen atoms in total. The van der Waals surface area contributed by atoms with Crippen LogP contribution in [0.15, 0.2) is 78.4 Å². The van der Waals surface area contributed by atoms with E-state index in [9.17, 15) is 14.7 Å². The van der Waals surface area contributed by atoms with Crippen LogP contribution in [0.25, 0.3) is 6.08 Å². The van der Waals surface area contributed by atoms with Crippen LogP contribution < -0.4 is 15.0 Å². The number of benzene rings is 3. The fourth-order valence-electron chi connectivity index (χ4n) is 2.98. The van der Waals surface area contributed by atoms with Gasteiger partial charge < -0.3 is 9.84 Å². The number of para-hydroxylation sites is 1. The molecule has 1 heterocycles. The summed E-state index contributed by atoms with van der Waals surface area (Å²) in [6.45, 7) is 0. The molecule has 8 heteroatoms. The van der Waals surface area contributed by atoms with Gasteiger partial charge in [0.25, 0.3) is 11.8 Å². The number of nitrogens with zero attached hydrogens (tertiary/aromatic N) is 1. The molecule has 1 aliphatic rings. The molecule has 1 fully saturated rings. The first-order valence-electron chi connectivity index (χ1n) is 9.15. The quantitative estimate of drug-likeness (QED) is 0.343. The van der Waals surface area contributed by atoms with Gasteiger partial charge in [-0.15, -0.1) is 0 Å². The number of hydrogen-bond donors (Lipinski definition) is 2. The van der Waals surface area contributed by atoms with Gasteiger partial charge in [-0.05, 0) is 72.9 Å². The van der Waals surface area contributed by atoms with Gasteiger partial charge in [0.2, 0.25) is 0 Å². The van der Waals surface area contributed by atoms with Crippen LogP contribution in [0.1, 0.15) is 5.56 Å². The van der Waals surface area contributed by atoms with Gasteiger partial charge in [-0.1, -0.05) is 29.8 Å². The zero-order valence-electron chi connectivity index (χ0n) is 15.9. The van der Waals surface area contributed by atoms with Crippen LogP contribution >= 0.6 is 23.8 Å². The van der Waals surface area contributed by atoms with E-state index in [2.05, 4.69) is 5.32 Å². The molecule has 0 aliphatic carbocycles. The zero-order chi connectivity index (χ0) is 22.0. The molecule has 0 aromatic heterocycles. The summed E-state index contributed by atoms with van der Waals surface area (Å²) in [6.07, 6.45) is 1.28. The number of carbonyl (C=O) groups is 2. The monoisotopic (exact) mass is 450 g/mol. The van der Waals surface area contributed by atoms with Crippen molar-refractivity contribution in [3.63, 3.8) is 0 Å². The van der Waals surface area contributed by atoms with Crippen molar-refractivity contribution in [3.8, 4) is 17.2 Å². The minimum atomic E-state index is -0.658. The molecule has 1 saturated heterocycles. The van der Waals surface area contributed by atoms with Crippen molar-refractivity contribution in [3.05, 3.63) is 89.0 Å². The van der Waals surface area contributed by atoms with Gasteiger partial charge in [-0.3, -0.25) is 19.8 Å². The lowest BCUT2D eigenvalue weighted by molar-refractivity contribution is -0.122. The number of rotatable bonds is 4. The Morgan fingerprint density at radius 2 is 1.65 bits per heavy atom. The molecule has 3 aromatic rings. The molecule has 0 saturated carbocycles. The standard InChI is InChI=1S/C23H15ClN2O4S/c24-15-6-11-20(27)14(12-15)13-19-21(28)25-23(31)26(22(19)29)16-7-9-18(10-8-16)30-17-4-2-1-3-5-17/h1-13,27H,(H,25,28,31)/b19-13+. The summed E-state index contributed by atoms with van der Waals surface area (Å²) in [6, 6.07) is 20.3. The molecule has 3 aromatic carbocycles. The SMILES string of the molecule is O=C1NC(=S)N(c2ccc(Oc3ccccc3)cc2)C(=O)/C1=C/c1cc(Cl)ccc1O. The second-order valence-corrected chi connectivity index (χ2v) is 7.39. The maximum Gasteiger partial charge on any atom is 0.270 e. The largest absolute Gasteiger partial charge is 0.507 e. The van der Waals surface area contributed by atoms with E-state index in [1.165, 1.54) is 29.2 Å². The third kappa shape index (κ3) is 4.42. The number of anilines is 1. The smallest absolute Gasteiger partial charge is 0.270 e. The fourth-order valence-corrected chi connectivity index (χ4v) is 3.44. The third-order valence-corrected chi connectivity index (χ3v) is 4.98. The lowest BCUT2D eigenvalue weighted by atomic mass is 10.1.